The quantitative estimate of drug-likeness (QED) is 0.515. The van der Waals surface area contributed by atoms with Gasteiger partial charge in [-0.25, -0.2) is 4.98 Å². The number of hydrogen-bond donors (Lipinski definition) is 1. The van der Waals surface area contributed by atoms with Crippen molar-refractivity contribution >= 4 is 16.9 Å². The van der Waals surface area contributed by atoms with Gasteiger partial charge in [-0.05, 0) is 50.1 Å². The first-order valence-corrected chi connectivity index (χ1v) is 10.1. The van der Waals surface area contributed by atoms with Crippen molar-refractivity contribution in [2.45, 2.75) is 31.5 Å². The highest BCUT2D eigenvalue weighted by molar-refractivity contribution is 5.98. The molecule has 1 unspecified atom stereocenters. The first-order chi connectivity index (χ1) is 15.3. The topological polar surface area (TPSA) is 79.7 Å². The molecular formula is C22H19F3N6O. The van der Waals surface area contributed by atoms with Crippen LogP contribution in [0.1, 0.15) is 41.5 Å². The van der Waals surface area contributed by atoms with Crippen molar-refractivity contribution in [2.75, 3.05) is 6.54 Å². The number of hydrogen-bond acceptors (Lipinski definition) is 4. The molecule has 0 bridgehead atoms. The van der Waals surface area contributed by atoms with Crippen molar-refractivity contribution in [1.82, 2.24) is 29.9 Å². The van der Waals surface area contributed by atoms with Crippen molar-refractivity contribution in [2.24, 2.45) is 0 Å². The first-order valence-electron chi connectivity index (χ1n) is 10.1. The molecule has 164 valence electrons. The highest BCUT2D eigenvalue weighted by atomic mass is 19.4. The van der Waals surface area contributed by atoms with Gasteiger partial charge in [0.2, 0.25) is 0 Å². The van der Waals surface area contributed by atoms with Gasteiger partial charge < -0.3 is 9.88 Å². The van der Waals surface area contributed by atoms with Gasteiger partial charge in [0.25, 0.3) is 5.91 Å². The Labute approximate surface area is 180 Å². The average Bonchev–Trinajstić information content (AvgIpc) is 3.52. The molecule has 0 spiro atoms. The summed E-state index contributed by atoms with van der Waals surface area (Å²) in [5.41, 5.74) is 0.166. The van der Waals surface area contributed by atoms with E-state index in [2.05, 4.69) is 20.2 Å². The number of imidazole rings is 1. The fourth-order valence-electron chi connectivity index (χ4n) is 4.29. The molecule has 0 radical (unpaired) electrons. The fraction of sp³-hybridized carbons (Fsp3) is 0.273. The van der Waals surface area contributed by atoms with Crippen LogP contribution >= 0.6 is 0 Å². The number of benzene rings is 2. The SMILES string of the molecule is CC1(c2nc3ccc(C(F)(F)F)cc3[nH]2)CCCN1C(=O)c1ccccc1-n1nccn1. The van der Waals surface area contributed by atoms with Gasteiger partial charge in [-0.1, -0.05) is 12.1 Å². The predicted molar refractivity (Wildman–Crippen MR) is 110 cm³/mol. The summed E-state index contributed by atoms with van der Waals surface area (Å²) in [6.45, 7) is 2.39. The van der Waals surface area contributed by atoms with Gasteiger partial charge in [-0.2, -0.15) is 28.2 Å². The van der Waals surface area contributed by atoms with Gasteiger partial charge in [-0.15, -0.1) is 0 Å². The number of nitrogens with one attached hydrogen (secondary N) is 1. The van der Waals surface area contributed by atoms with Crippen LogP contribution in [-0.2, 0) is 11.7 Å². The Kier molecular flexibility index (Phi) is 4.54. The molecule has 1 fully saturated rings. The zero-order valence-corrected chi connectivity index (χ0v) is 17.1. The molecular weight excluding hydrogens is 421 g/mol. The van der Waals surface area contributed by atoms with Crippen LogP contribution in [0.5, 0.6) is 0 Å². The number of para-hydroxylation sites is 1. The average molecular weight is 440 g/mol. The summed E-state index contributed by atoms with van der Waals surface area (Å²) in [5.74, 6) is 0.252. The number of amides is 1. The van der Waals surface area contributed by atoms with Crippen molar-refractivity contribution in [1.29, 1.82) is 0 Å². The minimum absolute atomic E-state index is 0.214. The number of fused-ring (bicyclic) bond motifs is 1. The van der Waals surface area contributed by atoms with Gasteiger partial charge in [0.1, 0.15) is 5.82 Å². The number of aromatic nitrogens is 5. The third-order valence-electron chi connectivity index (χ3n) is 5.97. The number of H-pyrrole nitrogens is 1. The lowest BCUT2D eigenvalue weighted by molar-refractivity contribution is -0.137. The monoisotopic (exact) mass is 440 g/mol. The molecule has 1 atom stereocenters. The number of halogens is 3. The molecule has 2 aromatic heterocycles. The highest BCUT2D eigenvalue weighted by Crippen LogP contribution is 2.40. The summed E-state index contributed by atoms with van der Waals surface area (Å²) in [4.78, 5) is 24.3. The van der Waals surface area contributed by atoms with E-state index >= 15 is 0 Å². The van der Waals surface area contributed by atoms with Crippen LogP contribution in [0, 0.1) is 0 Å². The summed E-state index contributed by atoms with van der Waals surface area (Å²) in [7, 11) is 0. The molecule has 4 aromatic rings. The van der Waals surface area contributed by atoms with Crippen LogP contribution < -0.4 is 0 Å². The lowest BCUT2D eigenvalue weighted by atomic mass is 9.97. The number of carbonyl (C=O) groups excluding carboxylic acids is 1. The number of alkyl halides is 3. The Morgan fingerprint density at radius 3 is 2.62 bits per heavy atom. The van der Waals surface area contributed by atoms with Crippen LogP contribution in [0.15, 0.2) is 54.9 Å². The summed E-state index contributed by atoms with van der Waals surface area (Å²) >= 11 is 0. The standard InChI is InChI=1S/C22H19F3N6O/c1-21(20-28-16-8-7-14(22(23,24)25)13-17(16)29-20)9-4-12-30(21)19(32)15-5-2-3-6-18(15)31-26-10-11-27-31/h2-3,5-8,10-11,13H,4,9,12H2,1H3,(H,28,29). The molecule has 2 aromatic carbocycles. The maximum atomic E-state index is 13.6. The molecule has 7 nitrogen and oxygen atoms in total. The van der Waals surface area contributed by atoms with Crippen molar-refractivity contribution in [3.63, 3.8) is 0 Å². The zero-order valence-electron chi connectivity index (χ0n) is 17.1. The minimum atomic E-state index is -4.44. The van der Waals surface area contributed by atoms with Crippen LogP contribution in [0.2, 0.25) is 0 Å². The van der Waals surface area contributed by atoms with Crippen molar-refractivity contribution < 1.29 is 18.0 Å². The van der Waals surface area contributed by atoms with Gasteiger partial charge in [0, 0.05) is 6.54 Å². The molecule has 0 saturated carbocycles. The Morgan fingerprint density at radius 2 is 1.88 bits per heavy atom. The second-order valence-electron chi connectivity index (χ2n) is 7.98. The van der Waals surface area contributed by atoms with E-state index in [0.717, 1.165) is 18.6 Å². The van der Waals surface area contributed by atoms with Gasteiger partial charge >= 0.3 is 6.18 Å². The van der Waals surface area contributed by atoms with E-state index in [9.17, 15) is 18.0 Å². The lowest BCUT2D eigenvalue weighted by Crippen LogP contribution is -2.44. The highest BCUT2D eigenvalue weighted by Gasteiger charge is 2.44. The number of carbonyl (C=O) groups is 1. The maximum absolute atomic E-state index is 13.6. The van der Waals surface area contributed by atoms with E-state index in [-0.39, 0.29) is 11.4 Å². The molecule has 5 rings (SSSR count). The molecule has 1 aliphatic heterocycles. The van der Waals surface area contributed by atoms with E-state index in [0.29, 0.717) is 35.6 Å². The Morgan fingerprint density at radius 1 is 1.12 bits per heavy atom. The van der Waals surface area contributed by atoms with E-state index in [1.807, 2.05) is 6.92 Å². The van der Waals surface area contributed by atoms with Gasteiger partial charge in [0.05, 0.1) is 45.8 Å². The smallest absolute Gasteiger partial charge is 0.340 e. The molecule has 3 heterocycles. The number of rotatable bonds is 3. The van der Waals surface area contributed by atoms with Crippen LogP contribution in [0.4, 0.5) is 13.2 Å². The maximum Gasteiger partial charge on any atom is 0.416 e. The molecule has 1 N–H and O–H groups in total. The third-order valence-corrected chi connectivity index (χ3v) is 5.97. The number of likely N-dealkylation sites (tertiary alicyclic amines) is 1. The van der Waals surface area contributed by atoms with E-state index in [1.54, 1.807) is 29.2 Å². The second-order valence-corrected chi connectivity index (χ2v) is 7.98. The van der Waals surface area contributed by atoms with Gasteiger partial charge in [-0.3, -0.25) is 4.79 Å². The Balaban J connectivity index is 1.54. The second kappa shape index (κ2) is 7.18. The molecule has 1 saturated heterocycles. The third kappa shape index (κ3) is 3.22. The summed E-state index contributed by atoms with van der Waals surface area (Å²) in [6.07, 6.45) is 0.000785. The molecule has 1 amide bonds. The Hall–Kier alpha value is -3.69. The van der Waals surface area contributed by atoms with Crippen molar-refractivity contribution in [3.05, 3.63) is 71.8 Å². The summed E-state index contributed by atoms with van der Waals surface area (Å²) in [6, 6.07) is 10.5. The zero-order chi connectivity index (χ0) is 22.5. The van der Waals surface area contributed by atoms with Crippen LogP contribution in [-0.4, -0.2) is 42.3 Å². The molecule has 32 heavy (non-hydrogen) atoms. The summed E-state index contributed by atoms with van der Waals surface area (Å²) in [5, 5.41) is 8.26. The summed E-state index contributed by atoms with van der Waals surface area (Å²) < 4.78 is 39.3. The number of aromatic amines is 1. The van der Waals surface area contributed by atoms with E-state index < -0.39 is 17.3 Å². The van der Waals surface area contributed by atoms with Gasteiger partial charge in [0.15, 0.2) is 0 Å². The predicted octanol–water partition coefficient (Wildman–Crippen LogP) is 4.31. The number of nitrogens with zero attached hydrogens (tertiary/aromatic N) is 5. The largest absolute Gasteiger partial charge is 0.416 e. The molecule has 1 aliphatic rings. The molecule has 10 heteroatoms. The van der Waals surface area contributed by atoms with Crippen LogP contribution in [0.25, 0.3) is 16.7 Å². The van der Waals surface area contributed by atoms with E-state index in [1.165, 1.54) is 23.3 Å². The molecule has 0 aliphatic carbocycles. The minimum Gasteiger partial charge on any atom is -0.340 e. The Bertz CT molecular complexity index is 1300. The first kappa shape index (κ1) is 20.2. The van der Waals surface area contributed by atoms with E-state index in [4.69, 9.17) is 0 Å². The normalized spacial score (nSPS) is 19.1. The lowest BCUT2D eigenvalue weighted by Gasteiger charge is -2.34. The fourth-order valence-corrected chi connectivity index (χ4v) is 4.29. The van der Waals surface area contributed by atoms with Crippen LogP contribution in [0.3, 0.4) is 0 Å². The van der Waals surface area contributed by atoms with Crippen molar-refractivity contribution in [3.8, 4) is 5.69 Å².